The molecule has 0 aliphatic rings. The highest BCUT2D eigenvalue weighted by Crippen LogP contribution is 2.16. The number of anilines is 1. The van der Waals surface area contributed by atoms with Crippen LogP contribution in [0.1, 0.15) is 24.8 Å². The molecule has 23 heavy (non-hydrogen) atoms. The Labute approximate surface area is 143 Å². The third-order valence-electron chi connectivity index (χ3n) is 3.66. The van der Waals surface area contributed by atoms with Crippen molar-refractivity contribution in [1.29, 1.82) is 0 Å². The van der Waals surface area contributed by atoms with Crippen molar-refractivity contribution in [2.75, 3.05) is 32.0 Å². The molecule has 1 atom stereocenters. The standard InChI is InChI=1S/C18H26N4S/c1-15(16-9-12-23-14-16)13-22-18(19-2)21-11-6-10-20-17-7-4-3-5-8-17/h3-5,7-9,12,14-15,20H,6,10-11,13H2,1-2H3,(H2,19,21,22). The number of hydrogen-bond acceptors (Lipinski definition) is 3. The number of hydrogen-bond donors (Lipinski definition) is 3. The summed E-state index contributed by atoms with van der Waals surface area (Å²) in [5.74, 6) is 1.35. The summed E-state index contributed by atoms with van der Waals surface area (Å²) in [4.78, 5) is 4.27. The smallest absolute Gasteiger partial charge is 0.190 e. The van der Waals surface area contributed by atoms with Crippen molar-refractivity contribution >= 4 is 23.0 Å². The van der Waals surface area contributed by atoms with Gasteiger partial charge in [0.05, 0.1) is 0 Å². The van der Waals surface area contributed by atoms with Gasteiger partial charge in [0.1, 0.15) is 0 Å². The van der Waals surface area contributed by atoms with Gasteiger partial charge in [-0.05, 0) is 46.9 Å². The molecule has 124 valence electrons. The quantitative estimate of drug-likeness (QED) is 0.394. The zero-order valence-corrected chi connectivity index (χ0v) is 14.7. The molecule has 0 saturated heterocycles. The first-order valence-electron chi connectivity index (χ1n) is 8.05. The van der Waals surface area contributed by atoms with E-state index in [1.54, 1.807) is 11.3 Å². The predicted molar refractivity (Wildman–Crippen MR) is 102 cm³/mol. The molecule has 1 heterocycles. The van der Waals surface area contributed by atoms with Gasteiger partial charge >= 0.3 is 0 Å². The van der Waals surface area contributed by atoms with E-state index in [9.17, 15) is 0 Å². The molecule has 0 aliphatic carbocycles. The fraction of sp³-hybridized carbons (Fsp3) is 0.389. The summed E-state index contributed by atoms with van der Waals surface area (Å²) in [7, 11) is 1.81. The number of nitrogens with one attached hydrogen (secondary N) is 3. The van der Waals surface area contributed by atoms with Crippen LogP contribution in [-0.4, -0.2) is 32.6 Å². The van der Waals surface area contributed by atoms with Crippen molar-refractivity contribution in [3.63, 3.8) is 0 Å². The van der Waals surface area contributed by atoms with Gasteiger partial charge in [0.15, 0.2) is 5.96 Å². The van der Waals surface area contributed by atoms with Crippen LogP contribution in [0.5, 0.6) is 0 Å². The van der Waals surface area contributed by atoms with E-state index in [0.717, 1.165) is 32.0 Å². The second-order valence-electron chi connectivity index (χ2n) is 5.48. The fourth-order valence-corrected chi connectivity index (χ4v) is 3.01. The number of aliphatic imine (C=N–C) groups is 1. The van der Waals surface area contributed by atoms with Crippen LogP contribution in [0.3, 0.4) is 0 Å². The van der Waals surface area contributed by atoms with Crippen molar-refractivity contribution in [2.24, 2.45) is 4.99 Å². The summed E-state index contributed by atoms with van der Waals surface area (Å²) in [5, 5.41) is 14.5. The third-order valence-corrected chi connectivity index (χ3v) is 4.36. The van der Waals surface area contributed by atoms with Crippen LogP contribution in [0.4, 0.5) is 5.69 Å². The monoisotopic (exact) mass is 330 g/mol. The minimum absolute atomic E-state index is 0.486. The van der Waals surface area contributed by atoms with E-state index in [4.69, 9.17) is 0 Å². The largest absolute Gasteiger partial charge is 0.385 e. The Morgan fingerprint density at radius 3 is 2.65 bits per heavy atom. The van der Waals surface area contributed by atoms with E-state index < -0.39 is 0 Å². The van der Waals surface area contributed by atoms with E-state index in [2.05, 4.69) is 56.8 Å². The van der Waals surface area contributed by atoms with Crippen LogP contribution in [0.25, 0.3) is 0 Å². The Kier molecular flexibility index (Phi) is 7.46. The molecule has 1 unspecified atom stereocenters. The lowest BCUT2D eigenvalue weighted by molar-refractivity contribution is 0.694. The molecule has 1 aromatic carbocycles. The second kappa shape index (κ2) is 9.90. The van der Waals surface area contributed by atoms with Gasteiger partial charge < -0.3 is 16.0 Å². The van der Waals surface area contributed by atoms with Crippen LogP contribution < -0.4 is 16.0 Å². The lowest BCUT2D eigenvalue weighted by atomic mass is 10.1. The highest BCUT2D eigenvalue weighted by Gasteiger charge is 2.06. The van der Waals surface area contributed by atoms with Crippen molar-refractivity contribution < 1.29 is 0 Å². The van der Waals surface area contributed by atoms with Crippen molar-refractivity contribution in [3.8, 4) is 0 Å². The Bertz CT molecular complexity index is 566. The fourth-order valence-electron chi connectivity index (χ4n) is 2.23. The molecule has 0 amide bonds. The summed E-state index contributed by atoms with van der Waals surface area (Å²) in [6.45, 7) is 4.95. The number of benzene rings is 1. The van der Waals surface area contributed by atoms with E-state index in [0.29, 0.717) is 5.92 Å². The summed E-state index contributed by atoms with van der Waals surface area (Å²) in [5.41, 5.74) is 2.55. The third kappa shape index (κ3) is 6.32. The average molecular weight is 331 g/mol. The van der Waals surface area contributed by atoms with Gasteiger partial charge in [-0.1, -0.05) is 25.1 Å². The molecule has 0 bridgehead atoms. The Balaban J connectivity index is 1.60. The van der Waals surface area contributed by atoms with Crippen molar-refractivity contribution in [3.05, 3.63) is 52.7 Å². The van der Waals surface area contributed by atoms with Crippen LogP contribution in [0.2, 0.25) is 0 Å². The Hall–Kier alpha value is -2.01. The summed E-state index contributed by atoms with van der Waals surface area (Å²) >= 11 is 1.74. The first-order valence-corrected chi connectivity index (χ1v) is 8.99. The summed E-state index contributed by atoms with van der Waals surface area (Å²) < 4.78 is 0. The number of rotatable bonds is 8. The van der Waals surface area contributed by atoms with Crippen LogP contribution in [-0.2, 0) is 0 Å². The Morgan fingerprint density at radius 1 is 1.13 bits per heavy atom. The van der Waals surface area contributed by atoms with Gasteiger partial charge in [0.2, 0.25) is 0 Å². The predicted octanol–water partition coefficient (Wildman–Crippen LogP) is 3.52. The molecular weight excluding hydrogens is 304 g/mol. The summed E-state index contributed by atoms with van der Waals surface area (Å²) in [6.07, 6.45) is 1.04. The number of guanidine groups is 1. The van der Waals surface area contributed by atoms with E-state index >= 15 is 0 Å². The van der Waals surface area contributed by atoms with E-state index in [1.807, 2.05) is 25.2 Å². The van der Waals surface area contributed by atoms with Gasteiger partial charge in [-0.25, -0.2) is 0 Å². The van der Waals surface area contributed by atoms with Crippen LogP contribution in [0, 0.1) is 0 Å². The second-order valence-corrected chi connectivity index (χ2v) is 6.26. The highest BCUT2D eigenvalue weighted by atomic mass is 32.1. The van der Waals surface area contributed by atoms with Gasteiger partial charge in [0.25, 0.3) is 0 Å². The molecule has 0 radical (unpaired) electrons. The van der Waals surface area contributed by atoms with Crippen molar-refractivity contribution in [2.45, 2.75) is 19.3 Å². The molecule has 4 nitrogen and oxygen atoms in total. The molecule has 0 fully saturated rings. The Morgan fingerprint density at radius 2 is 1.96 bits per heavy atom. The zero-order valence-electron chi connectivity index (χ0n) is 13.9. The molecule has 1 aromatic heterocycles. The van der Waals surface area contributed by atoms with Crippen LogP contribution >= 0.6 is 11.3 Å². The van der Waals surface area contributed by atoms with Gasteiger partial charge in [-0.15, -0.1) is 0 Å². The normalized spacial score (nSPS) is 12.7. The maximum absolute atomic E-state index is 4.27. The minimum atomic E-state index is 0.486. The molecule has 5 heteroatoms. The van der Waals surface area contributed by atoms with Gasteiger partial charge in [-0.2, -0.15) is 11.3 Å². The molecule has 0 aliphatic heterocycles. The molecule has 3 N–H and O–H groups in total. The first kappa shape index (κ1) is 17.3. The zero-order chi connectivity index (χ0) is 16.3. The number of nitrogens with zero attached hydrogens (tertiary/aromatic N) is 1. The van der Waals surface area contributed by atoms with E-state index in [-0.39, 0.29) is 0 Å². The lowest BCUT2D eigenvalue weighted by Crippen LogP contribution is -2.39. The first-order chi connectivity index (χ1) is 11.3. The van der Waals surface area contributed by atoms with Crippen LogP contribution in [0.15, 0.2) is 52.2 Å². The topological polar surface area (TPSA) is 48.5 Å². The number of thiophene rings is 1. The highest BCUT2D eigenvalue weighted by molar-refractivity contribution is 7.07. The van der Waals surface area contributed by atoms with Gasteiger partial charge in [0, 0.05) is 32.4 Å². The molecule has 0 saturated carbocycles. The SMILES string of the molecule is CN=C(NCCCNc1ccccc1)NCC(C)c1ccsc1. The maximum Gasteiger partial charge on any atom is 0.190 e. The maximum atomic E-state index is 4.27. The molecule has 2 rings (SSSR count). The van der Waals surface area contributed by atoms with E-state index in [1.165, 1.54) is 11.3 Å². The molecule has 2 aromatic rings. The minimum Gasteiger partial charge on any atom is -0.385 e. The number of para-hydroxylation sites is 1. The summed E-state index contributed by atoms with van der Waals surface area (Å²) in [6, 6.07) is 12.5. The molecule has 0 spiro atoms. The average Bonchev–Trinajstić information content (AvgIpc) is 3.12. The molecular formula is C18H26N4S. The van der Waals surface area contributed by atoms with Crippen molar-refractivity contribution in [1.82, 2.24) is 10.6 Å². The lowest BCUT2D eigenvalue weighted by Gasteiger charge is -2.15. The van der Waals surface area contributed by atoms with Gasteiger partial charge in [-0.3, -0.25) is 4.99 Å².